The SMILES string of the molecule is CC(C)(Oc1ccc(Br)cc1[C@H]1NC(=O)C[C@@H](c2cccc(Cl)c2)[C@]12C(=O)Nc1cc(Cl)ccc12)C(=O)NCC(F)(F)F. The van der Waals surface area contributed by atoms with Crippen LogP contribution in [0.25, 0.3) is 0 Å². The van der Waals surface area contributed by atoms with Crippen molar-refractivity contribution in [1.82, 2.24) is 10.6 Å². The number of carbonyl (C=O) groups excluding carboxylic acids is 3. The lowest BCUT2D eigenvalue weighted by molar-refractivity contribution is -0.146. The first-order valence-corrected chi connectivity index (χ1v) is 14.7. The normalized spacial score (nSPS) is 21.7. The van der Waals surface area contributed by atoms with E-state index in [1.54, 1.807) is 54.6 Å². The molecule has 1 saturated heterocycles. The minimum atomic E-state index is -4.62. The van der Waals surface area contributed by atoms with Gasteiger partial charge in [0, 0.05) is 38.1 Å². The number of nitrogens with one attached hydrogen (secondary N) is 3. The highest BCUT2D eigenvalue weighted by Gasteiger charge is 2.61. The molecule has 0 unspecified atom stereocenters. The van der Waals surface area contributed by atoms with E-state index in [0.29, 0.717) is 36.9 Å². The van der Waals surface area contributed by atoms with Gasteiger partial charge in [-0.2, -0.15) is 13.2 Å². The van der Waals surface area contributed by atoms with Gasteiger partial charge in [-0.05, 0) is 67.4 Å². The first-order chi connectivity index (χ1) is 20.1. The molecule has 3 amide bonds. The average molecular weight is 699 g/mol. The molecule has 2 aliphatic heterocycles. The summed E-state index contributed by atoms with van der Waals surface area (Å²) in [6.07, 6.45) is -4.67. The predicted molar refractivity (Wildman–Crippen MR) is 159 cm³/mol. The summed E-state index contributed by atoms with van der Waals surface area (Å²) in [6, 6.07) is 15.7. The van der Waals surface area contributed by atoms with E-state index in [4.69, 9.17) is 27.9 Å². The van der Waals surface area contributed by atoms with Crippen molar-refractivity contribution in [2.45, 2.75) is 49.4 Å². The van der Waals surface area contributed by atoms with Gasteiger partial charge in [0.05, 0.1) is 6.04 Å². The summed E-state index contributed by atoms with van der Waals surface area (Å²) in [6.45, 7) is 1.12. The summed E-state index contributed by atoms with van der Waals surface area (Å²) in [7, 11) is 0. The standard InChI is InChI=1S/C30H25BrCl2F3N3O4/c1-28(2,26(41)37-14-29(34,35)36)43-23-9-6-16(31)11-19(23)25-30(20-8-7-18(33)12-22(20)38-27(30)42)21(13-24(40)39-25)15-4-3-5-17(32)10-15/h3-12,21,25H,13-14H2,1-2H3,(H,37,41)(H,38,42)(H,39,40)/t21-,25+,30-/m0/s1. The second-order valence-electron chi connectivity index (χ2n) is 10.9. The number of hydrogen-bond acceptors (Lipinski definition) is 4. The number of benzene rings is 3. The molecule has 2 heterocycles. The average Bonchev–Trinajstić information content (AvgIpc) is 3.19. The van der Waals surface area contributed by atoms with Crippen molar-refractivity contribution in [1.29, 1.82) is 0 Å². The molecule has 1 fully saturated rings. The van der Waals surface area contributed by atoms with Crippen LogP contribution in [0.1, 0.15) is 48.9 Å². The number of anilines is 1. The Labute approximate surface area is 263 Å². The Hall–Kier alpha value is -3.28. The van der Waals surface area contributed by atoms with Gasteiger partial charge >= 0.3 is 6.18 Å². The molecule has 3 aromatic rings. The minimum Gasteiger partial charge on any atom is -0.478 e. The zero-order chi connectivity index (χ0) is 31.3. The second-order valence-corrected chi connectivity index (χ2v) is 12.7. The molecule has 2 aliphatic rings. The number of amides is 3. The van der Waals surface area contributed by atoms with Crippen LogP contribution in [0, 0.1) is 0 Å². The summed E-state index contributed by atoms with van der Waals surface area (Å²) >= 11 is 16.1. The summed E-state index contributed by atoms with van der Waals surface area (Å²) in [5.74, 6) is -2.39. The molecule has 0 radical (unpaired) electrons. The Morgan fingerprint density at radius 2 is 1.79 bits per heavy atom. The topological polar surface area (TPSA) is 96.5 Å². The Bertz CT molecular complexity index is 1630. The van der Waals surface area contributed by atoms with Gasteiger partial charge in [-0.15, -0.1) is 0 Å². The lowest BCUT2D eigenvalue weighted by Gasteiger charge is -2.47. The lowest BCUT2D eigenvalue weighted by Crippen LogP contribution is -2.57. The van der Waals surface area contributed by atoms with Gasteiger partial charge < -0.3 is 20.7 Å². The Morgan fingerprint density at radius 1 is 1.07 bits per heavy atom. The van der Waals surface area contributed by atoms with E-state index in [1.807, 2.05) is 5.32 Å². The summed E-state index contributed by atoms with van der Waals surface area (Å²) < 4.78 is 45.1. The smallest absolute Gasteiger partial charge is 0.405 e. The molecular weight excluding hydrogens is 674 g/mol. The largest absolute Gasteiger partial charge is 0.478 e. The van der Waals surface area contributed by atoms with Gasteiger partial charge in [-0.3, -0.25) is 14.4 Å². The second kappa shape index (κ2) is 11.3. The van der Waals surface area contributed by atoms with Crippen LogP contribution in [0.4, 0.5) is 18.9 Å². The van der Waals surface area contributed by atoms with Crippen LogP contribution in [0.3, 0.4) is 0 Å². The fraction of sp³-hybridized carbons (Fsp3) is 0.300. The summed E-state index contributed by atoms with van der Waals surface area (Å²) in [5.41, 5.74) is -1.20. The van der Waals surface area contributed by atoms with E-state index in [0.717, 1.165) is 0 Å². The van der Waals surface area contributed by atoms with E-state index in [2.05, 4.69) is 26.6 Å². The van der Waals surface area contributed by atoms with Gasteiger partial charge in [0.25, 0.3) is 5.91 Å². The monoisotopic (exact) mass is 697 g/mol. The molecule has 0 bridgehead atoms. The predicted octanol–water partition coefficient (Wildman–Crippen LogP) is 6.83. The molecule has 3 atom stereocenters. The van der Waals surface area contributed by atoms with Crippen molar-refractivity contribution in [3.8, 4) is 5.75 Å². The fourth-order valence-electron chi connectivity index (χ4n) is 5.82. The van der Waals surface area contributed by atoms with Crippen molar-refractivity contribution in [3.05, 3.63) is 91.9 Å². The van der Waals surface area contributed by atoms with Crippen LogP contribution in [-0.4, -0.2) is 36.0 Å². The molecule has 7 nitrogen and oxygen atoms in total. The van der Waals surface area contributed by atoms with Crippen LogP contribution in [0.2, 0.25) is 10.0 Å². The Morgan fingerprint density at radius 3 is 2.49 bits per heavy atom. The maximum atomic E-state index is 14.3. The maximum Gasteiger partial charge on any atom is 0.405 e. The van der Waals surface area contributed by atoms with Crippen molar-refractivity contribution in [2.75, 3.05) is 11.9 Å². The summed E-state index contributed by atoms with van der Waals surface area (Å²) in [4.78, 5) is 40.4. The first-order valence-electron chi connectivity index (χ1n) is 13.1. The van der Waals surface area contributed by atoms with E-state index in [1.165, 1.54) is 19.9 Å². The minimum absolute atomic E-state index is 0.0537. The quantitative estimate of drug-likeness (QED) is 0.263. The zero-order valence-corrected chi connectivity index (χ0v) is 25.8. The third kappa shape index (κ3) is 5.94. The van der Waals surface area contributed by atoms with Gasteiger partial charge in [0.15, 0.2) is 5.60 Å². The highest BCUT2D eigenvalue weighted by molar-refractivity contribution is 9.10. The molecule has 226 valence electrons. The van der Waals surface area contributed by atoms with E-state index < -0.39 is 47.5 Å². The Balaban J connectivity index is 1.69. The van der Waals surface area contributed by atoms with Crippen LogP contribution in [0.5, 0.6) is 5.75 Å². The number of halogens is 6. The molecule has 0 aromatic heterocycles. The molecule has 43 heavy (non-hydrogen) atoms. The fourth-order valence-corrected chi connectivity index (χ4v) is 6.57. The highest BCUT2D eigenvalue weighted by Crippen LogP contribution is 2.58. The van der Waals surface area contributed by atoms with Gasteiger partial charge in [0.1, 0.15) is 17.7 Å². The van der Waals surface area contributed by atoms with Gasteiger partial charge in [0.2, 0.25) is 11.8 Å². The molecular formula is C30H25BrCl2F3N3O4. The zero-order valence-electron chi connectivity index (χ0n) is 22.7. The summed E-state index contributed by atoms with van der Waals surface area (Å²) in [5, 5.41) is 8.57. The van der Waals surface area contributed by atoms with Crippen LogP contribution >= 0.6 is 39.1 Å². The third-order valence-electron chi connectivity index (χ3n) is 7.65. The highest BCUT2D eigenvalue weighted by atomic mass is 79.9. The van der Waals surface area contributed by atoms with Crippen molar-refractivity contribution in [3.63, 3.8) is 0 Å². The van der Waals surface area contributed by atoms with E-state index >= 15 is 0 Å². The third-order valence-corrected chi connectivity index (χ3v) is 8.61. The van der Waals surface area contributed by atoms with Crippen molar-refractivity contribution >= 4 is 62.5 Å². The molecule has 0 saturated carbocycles. The molecule has 1 spiro atoms. The first kappa shape index (κ1) is 31.2. The molecule has 3 N–H and O–H groups in total. The number of fused-ring (bicyclic) bond motifs is 2. The molecule has 13 heteroatoms. The number of ether oxygens (including phenoxy) is 1. The number of carbonyl (C=O) groups is 3. The number of piperidine rings is 1. The van der Waals surface area contributed by atoms with Crippen molar-refractivity contribution < 1.29 is 32.3 Å². The van der Waals surface area contributed by atoms with E-state index in [-0.39, 0.29) is 18.1 Å². The molecule has 3 aromatic carbocycles. The number of alkyl halides is 3. The van der Waals surface area contributed by atoms with Crippen LogP contribution in [0.15, 0.2) is 65.1 Å². The van der Waals surface area contributed by atoms with Gasteiger partial charge in [-0.25, -0.2) is 0 Å². The Kier molecular flexibility index (Phi) is 8.21. The van der Waals surface area contributed by atoms with Crippen LogP contribution in [-0.2, 0) is 19.8 Å². The number of rotatable bonds is 6. The van der Waals surface area contributed by atoms with Crippen molar-refractivity contribution in [2.24, 2.45) is 0 Å². The lowest BCUT2D eigenvalue weighted by atomic mass is 9.59. The van der Waals surface area contributed by atoms with E-state index in [9.17, 15) is 27.6 Å². The molecule has 5 rings (SSSR count). The van der Waals surface area contributed by atoms with Crippen LogP contribution < -0.4 is 20.7 Å². The van der Waals surface area contributed by atoms with Gasteiger partial charge in [-0.1, -0.05) is 57.3 Å². The maximum absolute atomic E-state index is 14.3. The molecule has 0 aliphatic carbocycles. The number of hydrogen-bond donors (Lipinski definition) is 3.